The number of rotatable bonds is 6. The first-order chi connectivity index (χ1) is 9.92. The molecule has 1 fully saturated rings. The van der Waals surface area contributed by atoms with Crippen molar-refractivity contribution in [2.24, 2.45) is 0 Å². The van der Waals surface area contributed by atoms with Crippen LogP contribution in [0.25, 0.3) is 0 Å². The van der Waals surface area contributed by atoms with Crippen LogP contribution in [-0.4, -0.2) is 35.0 Å². The van der Waals surface area contributed by atoms with E-state index in [1.54, 1.807) is 0 Å². The molecular formula is C15H25N5O. The molecule has 21 heavy (non-hydrogen) atoms. The van der Waals surface area contributed by atoms with Gasteiger partial charge in [-0.05, 0) is 40.5 Å². The first kappa shape index (κ1) is 15.5. The summed E-state index contributed by atoms with van der Waals surface area (Å²) in [6, 6.07) is 0.134. The number of nitrogen functional groups attached to an aromatic ring is 1. The molecule has 0 aromatic carbocycles. The average Bonchev–Trinajstić information content (AvgIpc) is 3.22. The molecule has 2 rings (SSSR count). The summed E-state index contributed by atoms with van der Waals surface area (Å²) in [5.74, 6) is 2.55. The van der Waals surface area contributed by atoms with Gasteiger partial charge in [-0.3, -0.25) is 4.79 Å². The van der Waals surface area contributed by atoms with Gasteiger partial charge in [0.25, 0.3) is 0 Å². The lowest BCUT2D eigenvalue weighted by Gasteiger charge is -2.24. The van der Waals surface area contributed by atoms with Gasteiger partial charge in [0.15, 0.2) is 0 Å². The third-order valence-corrected chi connectivity index (χ3v) is 3.58. The maximum Gasteiger partial charge on any atom is 0.239 e. The second-order valence-electron chi connectivity index (χ2n) is 5.93. The maximum absolute atomic E-state index is 12.0. The summed E-state index contributed by atoms with van der Waals surface area (Å²) in [7, 11) is 0. The van der Waals surface area contributed by atoms with Crippen molar-refractivity contribution in [3.63, 3.8) is 0 Å². The molecular weight excluding hydrogens is 266 g/mol. The standard InChI is InChI=1S/C15H25N5O/c1-5-20(8-12(21)17-9(2)3)15-10(4)13(16)18-14(19-15)11-6-7-11/h9,11H,5-8H2,1-4H3,(H,17,21)(H2,16,18,19). The van der Waals surface area contributed by atoms with E-state index in [0.717, 1.165) is 30.0 Å². The zero-order chi connectivity index (χ0) is 15.6. The van der Waals surface area contributed by atoms with Gasteiger partial charge in [0.1, 0.15) is 17.5 Å². The fourth-order valence-electron chi connectivity index (χ4n) is 2.25. The van der Waals surface area contributed by atoms with Crippen molar-refractivity contribution < 1.29 is 4.79 Å². The van der Waals surface area contributed by atoms with Crippen LogP contribution in [0.1, 0.15) is 50.9 Å². The Morgan fingerprint density at radius 1 is 1.43 bits per heavy atom. The molecule has 1 aromatic heterocycles. The fraction of sp³-hybridized carbons (Fsp3) is 0.667. The maximum atomic E-state index is 12.0. The SMILES string of the molecule is CCN(CC(=O)NC(C)C)c1nc(C2CC2)nc(N)c1C. The summed E-state index contributed by atoms with van der Waals surface area (Å²) in [6.07, 6.45) is 2.25. The highest BCUT2D eigenvalue weighted by molar-refractivity contribution is 5.81. The van der Waals surface area contributed by atoms with Gasteiger partial charge in [-0.25, -0.2) is 9.97 Å². The second kappa shape index (κ2) is 6.28. The third-order valence-electron chi connectivity index (χ3n) is 3.58. The highest BCUT2D eigenvalue weighted by atomic mass is 16.2. The molecule has 0 saturated heterocycles. The largest absolute Gasteiger partial charge is 0.383 e. The number of anilines is 2. The molecule has 1 saturated carbocycles. The summed E-state index contributed by atoms with van der Waals surface area (Å²) in [5.41, 5.74) is 6.86. The molecule has 6 heteroatoms. The number of likely N-dealkylation sites (N-methyl/N-ethyl adjacent to an activating group) is 1. The van der Waals surface area contributed by atoms with Crippen LogP contribution in [0.5, 0.6) is 0 Å². The van der Waals surface area contributed by atoms with E-state index in [-0.39, 0.29) is 18.5 Å². The van der Waals surface area contributed by atoms with E-state index in [1.807, 2.05) is 32.6 Å². The van der Waals surface area contributed by atoms with Gasteiger partial charge in [0, 0.05) is 24.1 Å². The number of nitrogens with two attached hydrogens (primary N) is 1. The minimum atomic E-state index is -0.00333. The molecule has 0 aliphatic heterocycles. The van der Waals surface area contributed by atoms with Crippen LogP contribution < -0.4 is 16.0 Å². The highest BCUT2D eigenvalue weighted by Crippen LogP contribution is 2.39. The van der Waals surface area contributed by atoms with Crippen LogP contribution in [0.3, 0.4) is 0 Å². The number of amides is 1. The number of aromatic nitrogens is 2. The minimum absolute atomic E-state index is 0.00333. The van der Waals surface area contributed by atoms with Crippen molar-refractivity contribution in [1.29, 1.82) is 0 Å². The molecule has 1 aliphatic carbocycles. The lowest BCUT2D eigenvalue weighted by atomic mass is 10.2. The van der Waals surface area contributed by atoms with E-state index in [1.165, 1.54) is 0 Å². The van der Waals surface area contributed by atoms with Gasteiger partial charge in [0.2, 0.25) is 5.91 Å². The number of hydrogen-bond donors (Lipinski definition) is 2. The predicted octanol–water partition coefficient (Wildman–Crippen LogP) is 1.60. The molecule has 1 aromatic rings. The number of nitrogens with zero attached hydrogens (tertiary/aromatic N) is 3. The Kier molecular flexibility index (Phi) is 4.65. The number of hydrogen-bond acceptors (Lipinski definition) is 5. The van der Waals surface area contributed by atoms with E-state index < -0.39 is 0 Å². The molecule has 3 N–H and O–H groups in total. The van der Waals surface area contributed by atoms with Crippen molar-refractivity contribution in [2.45, 2.75) is 52.5 Å². The fourth-order valence-corrected chi connectivity index (χ4v) is 2.25. The average molecular weight is 291 g/mol. The normalized spacial score (nSPS) is 14.3. The van der Waals surface area contributed by atoms with Crippen molar-refractivity contribution in [3.8, 4) is 0 Å². The van der Waals surface area contributed by atoms with E-state index in [9.17, 15) is 4.79 Å². The van der Waals surface area contributed by atoms with E-state index >= 15 is 0 Å². The summed E-state index contributed by atoms with van der Waals surface area (Å²) >= 11 is 0. The molecule has 0 atom stereocenters. The Morgan fingerprint density at radius 2 is 2.10 bits per heavy atom. The van der Waals surface area contributed by atoms with E-state index in [2.05, 4.69) is 15.3 Å². The quantitative estimate of drug-likeness (QED) is 0.831. The highest BCUT2D eigenvalue weighted by Gasteiger charge is 2.28. The Hall–Kier alpha value is -1.85. The minimum Gasteiger partial charge on any atom is -0.383 e. The van der Waals surface area contributed by atoms with Gasteiger partial charge >= 0.3 is 0 Å². The topological polar surface area (TPSA) is 84.1 Å². The first-order valence-electron chi connectivity index (χ1n) is 7.60. The molecule has 1 amide bonds. The smallest absolute Gasteiger partial charge is 0.239 e. The predicted molar refractivity (Wildman–Crippen MR) is 84.3 cm³/mol. The second-order valence-corrected chi connectivity index (χ2v) is 5.93. The Labute approximate surface area is 126 Å². The van der Waals surface area contributed by atoms with Crippen LogP contribution in [0.2, 0.25) is 0 Å². The summed E-state index contributed by atoms with van der Waals surface area (Å²) < 4.78 is 0. The van der Waals surface area contributed by atoms with E-state index in [4.69, 9.17) is 5.73 Å². The van der Waals surface area contributed by atoms with Crippen molar-refractivity contribution in [2.75, 3.05) is 23.7 Å². The number of nitrogens with one attached hydrogen (secondary N) is 1. The zero-order valence-electron chi connectivity index (χ0n) is 13.3. The van der Waals surface area contributed by atoms with Crippen LogP contribution in [0, 0.1) is 6.92 Å². The Morgan fingerprint density at radius 3 is 2.62 bits per heavy atom. The number of carbonyl (C=O) groups is 1. The van der Waals surface area contributed by atoms with E-state index in [0.29, 0.717) is 18.3 Å². The monoisotopic (exact) mass is 291 g/mol. The molecule has 116 valence electrons. The lowest BCUT2D eigenvalue weighted by Crippen LogP contribution is -2.40. The summed E-state index contributed by atoms with van der Waals surface area (Å²) in [4.78, 5) is 23.0. The molecule has 0 bridgehead atoms. The van der Waals surface area contributed by atoms with Crippen LogP contribution in [0.4, 0.5) is 11.6 Å². The molecule has 0 radical (unpaired) electrons. The molecule has 0 unspecified atom stereocenters. The van der Waals surface area contributed by atoms with Crippen molar-refractivity contribution in [3.05, 3.63) is 11.4 Å². The van der Waals surface area contributed by atoms with Crippen LogP contribution in [0.15, 0.2) is 0 Å². The zero-order valence-corrected chi connectivity index (χ0v) is 13.3. The van der Waals surface area contributed by atoms with Gasteiger partial charge in [0.05, 0.1) is 6.54 Å². The van der Waals surface area contributed by atoms with Gasteiger partial charge in [-0.1, -0.05) is 0 Å². The van der Waals surface area contributed by atoms with Gasteiger partial charge < -0.3 is 16.0 Å². The van der Waals surface area contributed by atoms with Crippen molar-refractivity contribution >= 4 is 17.5 Å². The molecule has 1 heterocycles. The number of carbonyl (C=O) groups excluding carboxylic acids is 1. The van der Waals surface area contributed by atoms with Crippen LogP contribution in [-0.2, 0) is 4.79 Å². The summed E-state index contributed by atoms with van der Waals surface area (Å²) in [5, 5.41) is 2.91. The molecule has 6 nitrogen and oxygen atoms in total. The van der Waals surface area contributed by atoms with Gasteiger partial charge in [-0.15, -0.1) is 0 Å². The molecule has 1 aliphatic rings. The first-order valence-corrected chi connectivity index (χ1v) is 7.60. The Balaban J connectivity index is 2.22. The van der Waals surface area contributed by atoms with Crippen molar-refractivity contribution in [1.82, 2.24) is 15.3 Å². The Bertz CT molecular complexity index is 525. The third kappa shape index (κ3) is 3.83. The summed E-state index contributed by atoms with van der Waals surface area (Å²) in [6.45, 7) is 8.81. The van der Waals surface area contributed by atoms with Gasteiger partial charge in [-0.2, -0.15) is 0 Å². The molecule has 0 spiro atoms. The lowest BCUT2D eigenvalue weighted by molar-refractivity contribution is -0.120. The van der Waals surface area contributed by atoms with Crippen LogP contribution >= 0.6 is 0 Å².